The van der Waals surface area contributed by atoms with E-state index >= 15 is 0 Å². The van der Waals surface area contributed by atoms with Gasteiger partial charge in [-0.15, -0.1) is 0 Å². The van der Waals surface area contributed by atoms with Crippen LogP contribution in [0, 0.1) is 0 Å². The summed E-state index contributed by atoms with van der Waals surface area (Å²) in [5.41, 5.74) is 1.27. The minimum absolute atomic E-state index is 0.00918. The van der Waals surface area contributed by atoms with E-state index < -0.39 is 17.8 Å². The van der Waals surface area contributed by atoms with Crippen molar-refractivity contribution in [1.29, 1.82) is 0 Å². The quantitative estimate of drug-likeness (QED) is 0.673. The van der Waals surface area contributed by atoms with E-state index in [1.165, 1.54) is 31.4 Å². The van der Waals surface area contributed by atoms with Crippen LogP contribution in [0.2, 0.25) is 0 Å². The summed E-state index contributed by atoms with van der Waals surface area (Å²) in [5, 5.41) is 2.68. The van der Waals surface area contributed by atoms with Gasteiger partial charge < -0.3 is 10.1 Å². The molecule has 1 N–H and O–H groups in total. The minimum Gasteiger partial charge on any atom is -0.465 e. The SMILES string of the molecule is COC(=O)c1ccc(N2C(=O)C(Cl)=C(Nc3ccccc3)C2=O)cc1. The van der Waals surface area contributed by atoms with E-state index in [-0.39, 0.29) is 10.7 Å². The zero-order valence-corrected chi connectivity index (χ0v) is 13.9. The van der Waals surface area contributed by atoms with E-state index in [4.69, 9.17) is 11.6 Å². The van der Waals surface area contributed by atoms with Gasteiger partial charge in [-0.05, 0) is 36.4 Å². The van der Waals surface area contributed by atoms with E-state index in [9.17, 15) is 14.4 Å². The number of carbonyl (C=O) groups excluding carboxylic acids is 3. The number of carbonyl (C=O) groups is 3. The van der Waals surface area contributed by atoms with Gasteiger partial charge in [-0.2, -0.15) is 0 Å². The molecule has 0 bridgehead atoms. The van der Waals surface area contributed by atoms with Crippen LogP contribution < -0.4 is 10.2 Å². The topological polar surface area (TPSA) is 75.7 Å². The molecular weight excluding hydrogens is 344 g/mol. The molecule has 0 spiro atoms. The summed E-state index contributed by atoms with van der Waals surface area (Å²) in [4.78, 5) is 37.4. The molecule has 7 heteroatoms. The van der Waals surface area contributed by atoms with Gasteiger partial charge in [0.15, 0.2) is 0 Å². The fourth-order valence-corrected chi connectivity index (χ4v) is 2.59. The summed E-state index contributed by atoms with van der Waals surface area (Å²) >= 11 is 6.05. The van der Waals surface area contributed by atoms with Crippen LogP contribution in [0.25, 0.3) is 0 Å². The molecule has 2 amide bonds. The molecule has 0 unspecified atom stereocenters. The van der Waals surface area contributed by atoms with Crippen molar-refractivity contribution in [2.45, 2.75) is 0 Å². The van der Waals surface area contributed by atoms with Crippen LogP contribution in [0.3, 0.4) is 0 Å². The van der Waals surface area contributed by atoms with E-state index in [1.54, 1.807) is 24.3 Å². The number of rotatable bonds is 4. The van der Waals surface area contributed by atoms with Gasteiger partial charge in [0.25, 0.3) is 11.8 Å². The van der Waals surface area contributed by atoms with Crippen LogP contribution in [0.1, 0.15) is 10.4 Å². The molecule has 2 aromatic rings. The summed E-state index contributed by atoms with van der Waals surface area (Å²) < 4.78 is 4.62. The number of hydrogen-bond acceptors (Lipinski definition) is 5. The van der Waals surface area contributed by atoms with Crippen LogP contribution in [0.5, 0.6) is 0 Å². The molecule has 0 aliphatic carbocycles. The Morgan fingerprint density at radius 2 is 1.64 bits per heavy atom. The Morgan fingerprint density at radius 1 is 1.00 bits per heavy atom. The molecule has 6 nitrogen and oxygen atoms in total. The Bertz CT molecular complexity index is 876. The van der Waals surface area contributed by atoms with Crippen molar-refractivity contribution in [3.63, 3.8) is 0 Å². The van der Waals surface area contributed by atoms with Gasteiger partial charge in [0, 0.05) is 5.69 Å². The zero-order chi connectivity index (χ0) is 18.0. The molecule has 0 saturated heterocycles. The second-order valence-corrected chi connectivity index (χ2v) is 5.54. The highest BCUT2D eigenvalue weighted by atomic mass is 35.5. The van der Waals surface area contributed by atoms with E-state index in [0.717, 1.165) is 4.90 Å². The monoisotopic (exact) mass is 356 g/mol. The highest BCUT2D eigenvalue weighted by Crippen LogP contribution is 2.30. The molecule has 3 rings (SSSR count). The van der Waals surface area contributed by atoms with Crippen LogP contribution in [0.15, 0.2) is 65.3 Å². The Kier molecular flexibility index (Phi) is 4.54. The van der Waals surface area contributed by atoms with Crippen LogP contribution in [-0.2, 0) is 14.3 Å². The van der Waals surface area contributed by atoms with Crippen LogP contribution in [0.4, 0.5) is 11.4 Å². The van der Waals surface area contributed by atoms with E-state index in [1.807, 2.05) is 6.07 Å². The van der Waals surface area contributed by atoms with E-state index in [0.29, 0.717) is 16.9 Å². The number of methoxy groups -OCH3 is 1. The summed E-state index contributed by atoms with van der Waals surface area (Å²) in [6, 6.07) is 14.8. The lowest BCUT2D eigenvalue weighted by atomic mass is 10.2. The van der Waals surface area contributed by atoms with Crippen molar-refractivity contribution >= 4 is 40.8 Å². The first-order valence-electron chi connectivity index (χ1n) is 7.32. The van der Waals surface area contributed by atoms with Crippen molar-refractivity contribution in [2.24, 2.45) is 0 Å². The molecule has 0 saturated carbocycles. The second-order valence-electron chi connectivity index (χ2n) is 5.16. The maximum Gasteiger partial charge on any atom is 0.337 e. The molecule has 0 radical (unpaired) electrons. The number of esters is 1. The van der Waals surface area contributed by atoms with Gasteiger partial charge in [0.05, 0.1) is 18.4 Å². The molecule has 1 aliphatic rings. The molecule has 0 aromatic heterocycles. The number of amides is 2. The molecule has 1 aliphatic heterocycles. The van der Waals surface area contributed by atoms with Crippen LogP contribution in [-0.4, -0.2) is 24.9 Å². The maximum atomic E-state index is 12.6. The number of ether oxygens (including phenoxy) is 1. The highest BCUT2D eigenvalue weighted by molar-refractivity contribution is 6.53. The smallest absolute Gasteiger partial charge is 0.337 e. The van der Waals surface area contributed by atoms with Crippen LogP contribution >= 0.6 is 11.6 Å². The molecular formula is C18H13ClN2O4. The molecule has 1 heterocycles. The fraction of sp³-hybridized carbons (Fsp3) is 0.0556. The summed E-state index contributed by atoms with van der Waals surface area (Å²) in [6.07, 6.45) is 0. The normalized spacial score (nSPS) is 14.1. The second kappa shape index (κ2) is 6.78. The van der Waals surface area contributed by atoms with Gasteiger partial charge in [0.2, 0.25) is 0 Å². The number of para-hydroxylation sites is 1. The summed E-state index contributed by atoms with van der Waals surface area (Å²) in [6.45, 7) is 0. The predicted molar refractivity (Wildman–Crippen MR) is 93.2 cm³/mol. The molecule has 0 atom stereocenters. The summed E-state index contributed by atoms with van der Waals surface area (Å²) in [5.74, 6) is -1.70. The Morgan fingerprint density at radius 3 is 2.24 bits per heavy atom. The number of nitrogens with one attached hydrogen (secondary N) is 1. The van der Waals surface area contributed by atoms with Gasteiger partial charge in [-0.1, -0.05) is 29.8 Å². The number of halogens is 1. The highest BCUT2D eigenvalue weighted by Gasteiger charge is 2.38. The summed E-state index contributed by atoms with van der Waals surface area (Å²) in [7, 11) is 1.27. The van der Waals surface area contributed by atoms with Gasteiger partial charge >= 0.3 is 5.97 Å². The molecule has 25 heavy (non-hydrogen) atoms. The first kappa shape index (κ1) is 16.7. The Labute approximate surface area is 148 Å². The lowest BCUT2D eigenvalue weighted by molar-refractivity contribution is -0.120. The first-order chi connectivity index (χ1) is 12.0. The zero-order valence-electron chi connectivity index (χ0n) is 13.2. The van der Waals surface area contributed by atoms with Crippen molar-refractivity contribution < 1.29 is 19.1 Å². The third kappa shape index (κ3) is 3.12. The third-order valence-corrected chi connectivity index (χ3v) is 3.97. The predicted octanol–water partition coefficient (Wildman–Crippen LogP) is 2.91. The average molecular weight is 357 g/mol. The fourth-order valence-electron chi connectivity index (χ4n) is 2.38. The number of hydrogen-bond donors (Lipinski definition) is 1. The average Bonchev–Trinajstić information content (AvgIpc) is 2.85. The van der Waals surface area contributed by atoms with Gasteiger partial charge in [-0.25, -0.2) is 9.69 Å². The molecule has 0 fully saturated rings. The Balaban J connectivity index is 1.86. The standard InChI is InChI=1S/C18H13ClN2O4/c1-25-18(24)11-7-9-13(10-8-11)21-16(22)14(19)15(17(21)23)20-12-5-3-2-4-6-12/h2-10,20H,1H3. The van der Waals surface area contributed by atoms with Gasteiger partial charge in [0.1, 0.15) is 10.7 Å². The van der Waals surface area contributed by atoms with Crippen molar-refractivity contribution in [3.8, 4) is 0 Å². The number of imide groups is 1. The number of anilines is 2. The van der Waals surface area contributed by atoms with Crippen molar-refractivity contribution in [3.05, 3.63) is 70.9 Å². The Hall–Kier alpha value is -3.12. The maximum absolute atomic E-state index is 12.6. The lowest BCUT2D eigenvalue weighted by Crippen LogP contribution is -2.32. The minimum atomic E-state index is -0.629. The molecule has 2 aromatic carbocycles. The van der Waals surface area contributed by atoms with Crippen molar-refractivity contribution in [2.75, 3.05) is 17.3 Å². The van der Waals surface area contributed by atoms with Crippen molar-refractivity contribution in [1.82, 2.24) is 0 Å². The number of nitrogens with zero attached hydrogens (tertiary/aromatic N) is 1. The largest absolute Gasteiger partial charge is 0.465 e. The number of benzene rings is 2. The first-order valence-corrected chi connectivity index (χ1v) is 7.69. The van der Waals surface area contributed by atoms with E-state index in [2.05, 4.69) is 10.1 Å². The third-order valence-electron chi connectivity index (χ3n) is 3.62. The molecule has 126 valence electrons. The lowest BCUT2D eigenvalue weighted by Gasteiger charge is -2.15. The van der Waals surface area contributed by atoms with Gasteiger partial charge in [-0.3, -0.25) is 9.59 Å².